The Morgan fingerprint density at radius 3 is 2.74 bits per heavy atom. The summed E-state index contributed by atoms with van der Waals surface area (Å²) in [4.78, 5) is 15.4. The SMILES string of the molecule is C1=Nc2cc(CN3CCN(c4ccccn4)CC3)ccc2Cc2ccsc21. The Bertz CT molecular complexity index is 955. The van der Waals surface area contributed by atoms with Crippen LogP contribution < -0.4 is 4.90 Å². The van der Waals surface area contributed by atoms with Crippen molar-refractivity contribution in [3.05, 3.63) is 75.6 Å². The van der Waals surface area contributed by atoms with Crippen LogP contribution in [0, 0.1) is 0 Å². The fourth-order valence-corrected chi connectivity index (χ4v) is 4.64. The van der Waals surface area contributed by atoms with Crippen LogP contribution in [0.4, 0.5) is 11.5 Å². The standard InChI is InChI=1S/C22H22N4S/c1-2-7-23-22(3-1)26-10-8-25(9-11-26)16-17-4-5-18-14-19-6-12-27-21(19)15-24-20(18)13-17/h1-7,12-13,15H,8-11,14,16H2. The van der Waals surface area contributed by atoms with E-state index in [0.29, 0.717) is 0 Å². The van der Waals surface area contributed by atoms with Crippen LogP contribution in [0.25, 0.3) is 0 Å². The molecule has 0 bridgehead atoms. The number of piperazine rings is 1. The third kappa shape index (κ3) is 3.53. The molecule has 136 valence electrons. The number of pyridine rings is 1. The molecular formula is C22H22N4S. The summed E-state index contributed by atoms with van der Waals surface area (Å²) >= 11 is 1.77. The van der Waals surface area contributed by atoms with Crippen LogP contribution in [0.3, 0.4) is 0 Å². The van der Waals surface area contributed by atoms with E-state index in [-0.39, 0.29) is 0 Å². The summed E-state index contributed by atoms with van der Waals surface area (Å²) in [6, 6.07) is 15.2. The fraction of sp³-hybridized carbons (Fsp3) is 0.273. The maximum absolute atomic E-state index is 4.76. The molecule has 2 aromatic heterocycles. The predicted octanol–water partition coefficient (Wildman–Crippen LogP) is 4.12. The van der Waals surface area contributed by atoms with E-state index in [1.165, 1.54) is 21.6 Å². The van der Waals surface area contributed by atoms with E-state index in [9.17, 15) is 0 Å². The van der Waals surface area contributed by atoms with E-state index in [4.69, 9.17) is 4.99 Å². The minimum Gasteiger partial charge on any atom is -0.354 e. The number of benzene rings is 1. The number of aromatic nitrogens is 1. The van der Waals surface area contributed by atoms with Crippen LogP contribution >= 0.6 is 11.3 Å². The molecule has 0 N–H and O–H groups in total. The highest BCUT2D eigenvalue weighted by atomic mass is 32.1. The Morgan fingerprint density at radius 2 is 1.89 bits per heavy atom. The summed E-state index contributed by atoms with van der Waals surface area (Å²) < 4.78 is 0. The van der Waals surface area contributed by atoms with E-state index in [1.54, 1.807) is 11.3 Å². The number of thiophene rings is 1. The van der Waals surface area contributed by atoms with Crippen molar-refractivity contribution in [2.24, 2.45) is 4.99 Å². The smallest absolute Gasteiger partial charge is 0.128 e. The van der Waals surface area contributed by atoms with Gasteiger partial charge >= 0.3 is 0 Å². The van der Waals surface area contributed by atoms with E-state index in [2.05, 4.69) is 56.6 Å². The van der Waals surface area contributed by atoms with Crippen molar-refractivity contribution in [1.29, 1.82) is 0 Å². The van der Waals surface area contributed by atoms with Crippen LogP contribution in [-0.4, -0.2) is 42.3 Å². The van der Waals surface area contributed by atoms with Crippen molar-refractivity contribution in [2.75, 3.05) is 31.1 Å². The second kappa shape index (κ2) is 7.25. The van der Waals surface area contributed by atoms with Crippen molar-refractivity contribution < 1.29 is 0 Å². The second-order valence-corrected chi connectivity index (χ2v) is 8.11. The number of anilines is 1. The monoisotopic (exact) mass is 374 g/mol. The van der Waals surface area contributed by atoms with Crippen molar-refractivity contribution in [3.63, 3.8) is 0 Å². The van der Waals surface area contributed by atoms with Gasteiger partial charge in [-0.2, -0.15) is 0 Å². The van der Waals surface area contributed by atoms with Crippen molar-refractivity contribution >= 4 is 29.1 Å². The molecule has 0 aliphatic carbocycles. The van der Waals surface area contributed by atoms with Gasteiger partial charge in [0.2, 0.25) is 0 Å². The number of nitrogens with zero attached hydrogens (tertiary/aromatic N) is 4. The summed E-state index contributed by atoms with van der Waals surface area (Å²) in [5, 5.41) is 2.15. The van der Waals surface area contributed by atoms with Gasteiger partial charge < -0.3 is 4.90 Å². The zero-order valence-corrected chi connectivity index (χ0v) is 16.0. The Balaban J connectivity index is 1.25. The van der Waals surface area contributed by atoms with Crippen molar-refractivity contribution in [2.45, 2.75) is 13.0 Å². The molecule has 27 heavy (non-hydrogen) atoms. The van der Waals surface area contributed by atoms with Crippen LogP contribution in [-0.2, 0) is 13.0 Å². The zero-order valence-electron chi connectivity index (χ0n) is 15.2. The molecule has 0 atom stereocenters. The lowest BCUT2D eigenvalue weighted by atomic mass is 10.0. The molecule has 0 saturated carbocycles. The fourth-order valence-electron chi connectivity index (χ4n) is 3.85. The highest BCUT2D eigenvalue weighted by Crippen LogP contribution is 2.30. The van der Waals surface area contributed by atoms with E-state index in [0.717, 1.165) is 50.6 Å². The van der Waals surface area contributed by atoms with Gasteiger partial charge in [0.25, 0.3) is 0 Å². The lowest BCUT2D eigenvalue weighted by Gasteiger charge is -2.35. The van der Waals surface area contributed by atoms with Crippen molar-refractivity contribution in [1.82, 2.24) is 9.88 Å². The predicted molar refractivity (Wildman–Crippen MR) is 113 cm³/mol. The first-order valence-electron chi connectivity index (χ1n) is 9.46. The Labute approximate surface area is 163 Å². The van der Waals surface area contributed by atoms with Crippen LogP contribution in [0.1, 0.15) is 21.6 Å². The molecule has 5 rings (SSSR count). The van der Waals surface area contributed by atoms with Crippen LogP contribution in [0.5, 0.6) is 0 Å². The minimum atomic E-state index is 0.983. The highest BCUT2D eigenvalue weighted by molar-refractivity contribution is 7.11. The van der Waals surface area contributed by atoms with Crippen LogP contribution in [0.2, 0.25) is 0 Å². The number of fused-ring (bicyclic) bond motifs is 2. The Morgan fingerprint density at radius 1 is 0.963 bits per heavy atom. The maximum atomic E-state index is 4.76. The molecular weight excluding hydrogens is 352 g/mol. The average Bonchev–Trinajstić information content (AvgIpc) is 3.09. The van der Waals surface area contributed by atoms with Gasteiger partial charge in [-0.3, -0.25) is 9.89 Å². The minimum absolute atomic E-state index is 0.983. The van der Waals surface area contributed by atoms with E-state index < -0.39 is 0 Å². The first-order valence-corrected chi connectivity index (χ1v) is 10.3. The molecule has 3 aromatic rings. The van der Waals surface area contributed by atoms with Crippen LogP contribution in [0.15, 0.2) is 59.0 Å². The lowest BCUT2D eigenvalue weighted by Crippen LogP contribution is -2.46. The van der Waals surface area contributed by atoms with E-state index >= 15 is 0 Å². The number of aliphatic imine (C=N–C) groups is 1. The molecule has 2 aliphatic heterocycles. The molecule has 1 saturated heterocycles. The third-order valence-corrected chi connectivity index (χ3v) is 6.28. The van der Waals surface area contributed by atoms with Gasteiger partial charge in [-0.15, -0.1) is 11.3 Å². The summed E-state index contributed by atoms with van der Waals surface area (Å²) in [5.74, 6) is 1.09. The Hall–Kier alpha value is -2.50. The van der Waals surface area contributed by atoms with Gasteiger partial charge in [0, 0.05) is 56.4 Å². The largest absolute Gasteiger partial charge is 0.354 e. The lowest BCUT2D eigenvalue weighted by molar-refractivity contribution is 0.249. The van der Waals surface area contributed by atoms with Gasteiger partial charge in [-0.25, -0.2) is 4.98 Å². The molecule has 0 radical (unpaired) electrons. The normalized spacial score (nSPS) is 16.7. The third-order valence-electron chi connectivity index (χ3n) is 5.38. The number of rotatable bonds is 3. The van der Waals surface area contributed by atoms with Gasteiger partial charge in [-0.05, 0) is 46.3 Å². The van der Waals surface area contributed by atoms with Crippen molar-refractivity contribution in [3.8, 4) is 0 Å². The molecule has 4 nitrogen and oxygen atoms in total. The quantitative estimate of drug-likeness (QED) is 0.541. The first-order chi connectivity index (χ1) is 13.3. The molecule has 0 spiro atoms. The molecule has 0 unspecified atom stereocenters. The zero-order chi connectivity index (χ0) is 18.1. The van der Waals surface area contributed by atoms with Gasteiger partial charge in [0.05, 0.1) is 5.69 Å². The summed E-state index contributed by atoms with van der Waals surface area (Å²) in [5.41, 5.74) is 5.19. The first kappa shape index (κ1) is 16.7. The van der Waals surface area contributed by atoms with Gasteiger partial charge in [0.15, 0.2) is 0 Å². The summed E-state index contributed by atoms with van der Waals surface area (Å²) in [6.07, 6.45) is 4.88. The second-order valence-electron chi connectivity index (χ2n) is 7.16. The molecule has 5 heteroatoms. The van der Waals surface area contributed by atoms with E-state index in [1.807, 2.05) is 18.5 Å². The average molecular weight is 375 g/mol. The number of hydrogen-bond acceptors (Lipinski definition) is 5. The Kier molecular flexibility index (Phi) is 4.47. The summed E-state index contributed by atoms with van der Waals surface area (Å²) in [7, 11) is 0. The van der Waals surface area contributed by atoms with Gasteiger partial charge in [-0.1, -0.05) is 18.2 Å². The molecule has 4 heterocycles. The van der Waals surface area contributed by atoms with Gasteiger partial charge in [0.1, 0.15) is 5.82 Å². The number of hydrogen-bond donors (Lipinski definition) is 0. The molecule has 1 fully saturated rings. The maximum Gasteiger partial charge on any atom is 0.128 e. The highest BCUT2D eigenvalue weighted by Gasteiger charge is 2.18. The molecule has 1 aromatic carbocycles. The molecule has 0 amide bonds. The molecule has 2 aliphatic rings. The summed E-state index contributed by atoms with van der Waals surface area (Å²) in [6.45, 7) is 5.17. The topological polar surface area (TPSA) is 31.7 Å².